The van der Waals surface area contributed by atoms with Gasteiger partial charge in [0.1, 0.15) is 5.75 Å². The number of hydrogen-bond acceptors (Lipinski definition) is 3. The van der Waals surface area contributed by atoms with Gasteiger partial charge < -0.3 is 15.2 Å². The zero-order valence-electron chi connectivity index (χ0n) is 13.5. The molecule has 2 N–H and O–H groups in total. The molecule has 0 saturated carbocycles. The van der Waals surface area contributed by atoms with Crippen LogP contribution in [0.2, 0.25) is 0 Å². The van der Waals surface area contributed by atoms with Gasteiger partial charge in [-0.05, 0) is 43.4 Å². The topological polar surface area (TPSA) is 44.5 Å². The Morgan fingerprint density at radius 2 is 1.95 bits per heavy atom. The Labute approximate surface area is 123 Å². The van der Waals surface area contributed by atoms with E-state index in [2.05, 4.69) is 26.8 Å². The first-order valence-electron chi connectivity index (χ1n) is 7.42. The Hall–Kier alpha value is -1.06. The van der Waals surface area contributed by atoms with Crippen LogP contribution in [0.1, 0.15) is 58.2 Å². The molecular weight excluding hydrogens is 250 g/mol. The van der Waals surface area contributed by atoms with Crippen LogP contribution in [0.3, 0.4) is 0 Å². The second-order valence-corrected chi connectivity index (χ2v) is 6.45. The van der Waals surface area contributed by atoms with Crippen molar-refractivity contribution >= 4 is 0 Å². The predicted octanol–water partition coefficient (Wildman–Crippen LogP) is 4.06. The summed E-state index contributed by atoms with van der Waals surface area (Å²) >= 11 is 0. The smallest absolute Gasteiger partial charge is 0.124 e. The number of benzene rings is 1. The van der Waals surface area contributed by atoms with Crippen LogP contribution in [-0.4, -0.2) is 13.2 Å². The maximum atomic E-state index is 5.94. The van der Waals surface area contributed by atoms with Crippen LogP contribution in [0, 0.1) is 5.41 Å². The summed E-state index contributed by atoms with van der Waals surface area (Å²) in [5.41, 5.74) is 8.43. The highest BCUT2D eigenvalue weighted by molar-refractivity contribution is 5.38. The number of rotatable bonds is 7. The Morgan fingerprint density at radius 1 is 1.25 bits per heavy atom. The van der Waals surface area contributed by atoms with E-state index in [9.17, 15) is 0 Å². The van der Waals surface area contributed by atoms with Crippen LogP contribution in [0.15, 0.2) is 18.2 Å². The van der Waals surface area contributed by atoms with Gasteiger partial charge in [0.2, 0.25) is 0 Å². The van der Waals surface area contributed by atoms with Crippen molar-refractivity contribution in [3.63, 3.8) is 0 Å². The highest BCUT2D eigenvalue weighted by Gasteiger charge is 2.11. The van der Waals surface area contributed by atoms with Crippen LogP contribution < -0.4 is 10.5 Å². The zero-order chi connectivity index (χ0) is 15.2. The van der Waals surface area contributed by atoms with Gasteiger partial charge in [-0.2, -0.15) is 0 Å². The first-order chi connectivity index (χ1) is 9.33. The Balaban J connectivity index is 2.67. The fourth-order valence-corrected chi connectivity index (χ4v) is 1.85. The summed E-state index contributed by atoms with van der Waals surface area (Å²) in [6, 6.07) is 6.13. The molecule has 1 aromatic carbocycles. The monoisotopic (exact) mass is 279 g/mol. The third-order valence-corrected chi connectivity index (χ3v) is 3.16. The fraction of sp³-hybridized carbons (Fsp3) is 0.647. The van der Waals surface area contributed by atoms with Gasteiger partial charge in [0.25, 0.3) is 0 Å². The highest BCUT2D eigenvalue weighted by Crippen LogP contribution is 2.24. The lowest BCUT2D eigenvalue weighted by atomic mass is 9.93. The molecule has 1 atom stereocenters. The number of hydrogen-bond donors (Lipinski definition) is 1. The predicted molar refractivity (Wildman–Crippen MR) is 83.9 cm³/mol. The van der Waals surface area contributed by atoms with Crippen molar-refractivity contribution in [3.05, 3.63) is 29.3 Å². The minimum absolute atomic E-state index is 0.0269. The molecule has 0 amide bonds. The van der Waals surface area contributed by atoms with Gasteiger partial charge in [-0.25, -0.2) is 0 Å². The summed E-state index contributed by atoms with van der Waals surface area (Å²) < 4.78 is 11.4. The molecule has 0 aliphatic rings. The van der Waals surface area contributed by atoms with E-state index in [0.717, 1.165) is 29.9 Å². The van der Waals surface area contributed by atoms with Gasteiger partial charge in [0, 0.05) is 18.2 Å². The molecule has 0 aliphatic heterocycles. The molecule has 0 fully saturated rings. The first kappa shape index (κ1) is 17.0. The lowest BCUT2D eigenvalue weighted by Crippen LogP contribution is -2.10. The SMILES string of the molecule is CCOc1ccc(C(C)N)cc1COCCC(C)(C)C. The second-order valence-electron chi connectivity index (χ2n) is 6.45. The normalized spacial score (nSPS) is 13.3. The molecule has 0 heterocycles. The summed E-state index contributed by atoms with van der Waals surface area (Å²) in [5.74, 6) is 0.896. The molecule has 0 spiro atoms. The van der Waals surface area contributed by atoms with Crippen molar-refractivity contribution in [2.75, 3.05) is 13.2 Å². The van der Waals surface area contributed by atoms with E-state index in [1.807, 2.05) is 26.0 Å². The van der Waals surface area contributed by atoms with Crippen molar-refractivity contribution in [2.45, 2.75) is 53.7 Å². The van der Waals surface area contributed by atoms with Crippen molar-refractivity contribution in [1.82, 2.24) is 0 Å². The zero-order valence-corrected chi connectivity index (χ0v) is 13.5. The third kappa shape index (κ3) is 5.93. The molecule has 20 heavy (non-hydrogen) atoms. The van der Waals surface area contributed by atoms with Crippen molar-refractivity contribution < 1.29 is 9.47 Å². The molecule has 1 rings (SSSR count). The molecule has 0 saturated heterocycles. The molecule has 3 heteroatoms. The standard InChI is InChI=1S/C17H29NO2/c1-6-20-16-8-7-14(13(2)18)11-15(16)12-19-10-9-17(3,4)5/h7-8,11,13H,6,9-10,12,18H2,1-5H3. The lowest BCUT2D eigenvalue weighted by molar-refractivity contribution is 0.0944. The van der Waals surface area contributed by atoms with E-state index in [4.69, 9.17) is 15.2 Å². The maximum Gasteiger partial charge on any atom is 0.124 e. The van der Waals surface area contributed by atoms with Gasteiger partial charge in [-0.1, -0.05) is 26.8 Å². The molecule has 0 bridgehead atoms. The molecule has 1 aromatic rings. The van der Waals surface area contributed by atoms with E-state index in [0.29, 0.717) is 18.6 Å². The van der Waals surface area contributed by atoms with Gasteiger partial charge in [0.05, 0.1) is 13.2 Å². The molecule has 3 nitrogen and oxygen atoms in total. The molecule has 1 unspecified atom stereocenters. The quantitative estimate of drug-likeness (QED) is 0.766. The number of ether oxygens (including phenoxy) is 2. The molecular formula is C17H29NO2. The van der Waals surface area contributed by atoms with Gasteiger partial charge in [0.15, 0.2) is 0 Å². The maximum absolute atomic E-state index is 5.94. The van der Waals surface area contributed by atoms with E-state index in [1.54, 1.807) is 0 Å². The molecule has 0 aromatic heterocycles. The van der Waals surface area contributed by atoms with Crippen LogP contribution in [0.5, 0.6) is 5.75 Å². The Bertz CT molecular complexity index is 408. The van der Waals surface area contributed by atoms with E-state index in [-0.39, 0.29) is 6.04 Å². The van der Waals surface area contributed by atoms with Crippen LogP contribution in [0.25, 0.3) is 0 Å². The highest BCUT2D eigenvalue weighted by atomic mass is 16.5. The van der Waals surface area contributed by atoms with Crippen LogP contribution >= 0.6 is 0 Å². The van der Waals surface area contributed by atoms with E-state index >= 15 is 0 Å². The molecule has 114 valence electrons. The average molecular weight is 279 g/mol. The minimum atomic E-state index is 0.0269. The summed E-state index contributed by atoms with van der Waals surface area (Å²) in [5, 5.41) is 0. The number of nitrogens with two attached hydrogens (primary N) is 1. The minimum Gasteiger partial charge on any atom is -0.494 e. The van der Waals surface area contributed by atoms with Crippen molar-refractivity contribution in [3.8, 4) is 5.75 Å². The summed E-state index contributed by atoms with van der Waals surface area (Å²) in [6.45, 7) is 12.6. The van der Waals surface area contributed by atoms with Gasteiger partial charge in [-0.3, -0.25) is 0 Å². The van der Waals surface area contributed by atoms with Crippen molar-refractivity contribution in [1.29, 1.82) is 0 Å². The lowest BCUT2D eigenvalue weighted by Gasteiger charge is -2.18. The largest absolute Gasteiger partial charge is 0.494 e. The average Bonchev–Trinajstić information content (AvgIpc) is 2.35. The van der Waals surface area contributed by atoms with E-state index in [1.165, 1.54) is 0 Å². The summed E-state index contributed by atoms with van der Waals surface area (Å²) in [7, 11) is 0. The second kappa shape index (κ2) is 7.65. The Morgan fingerprint density at radius 3 is 2.50 bits per heavy atom. The summed E-state index contributed by atoms with van der Waals surface area (Å²) in [4.78, 5) is 0. The molecule has 0 aliphatic carbocycles. The first-order valence-corrected chi connectivity index (χ1v) is 7.42. The van der Waals surface area contributed by atoms with Gasteiger partial charge in [-0.15, -0.1) is 0 Å². The fourth-order valence-electron chi connectivity index (χ4n) is 1.85. The third-order valence-electron chi connectivity index (χ3n) is 3.16. The van der Waals surface area contributed by atoms with Crippen LogP contribution in [0.4, 0.5) is 0 Å². The Kier molecular flexibility index (Phi) is 6.50. The summed E-state index contributed by atoms with van der Waals surface area (Å²) in [6.07, 6.45) is 1.05. The van der Waals surface area contributed by atoms with Crippen LogP contribution in [-0.2, 0) is 11.3 Å². The van der Waals surface area contributed by atoms with Gasteiger partial charge >= 0.3 is 0 Å². The van der Waals surface area contributed by atoms with E-state index < -0.39 is 0 Å². The molecule has 0 radical (unpaired) electrons. The van der Waals surface area contributed by atoms with Crippen molar-refractivity contribution in [2.24, 2.45) is 11.1 Å².